The Morgan fingerprint density at radius 1 is 1.29 bits per heavy atom. The molecule has 0 N–H and O–H groups in total. The maximum absolute atomic E-state index is 5.77. The van der Waals surface area contributed by atoms with E-state index in [9.17, 15) is 0 Å². The van der Waals surface area contributed by atoms with Crippen LogP contribution in [0.5, 0.6) is 0 Å². The quantitative estimate of drug-likeness (QED) is 0.765. The third kappa shape index (κ3) is 3.80. The highest BCUT2D eigenvalue weighted by Crippen LogP contribution is 2.14. The topological polar surface area (TPSA) is 16.1 Å². The van der Waals surface area contributed by atoms with Crippen molar-refractivity contribution in [1.82, 2.24) is 9.88 Å². The molecule has 0 spiro atoms. The van der Waals surface area contributed by atoms with Crippen LogP contribution in [-0.2, 0) is 13.1 Å². The minimum atomic E-state index is 0.551. The van der Waals surface area contributed by atoms with Gasteiger partial charge in [-0.2, -0.15) is 0 Å². The minimum Gasteiger partial charge on any atom is -0.294 e. The summed E-state index contributed by atoms with van der Waals surface area (Å²) in [6.45, 7) is 5.12. The predicted molar refractivity (Wildman–Crippen MR) is 73.4 cm³/mol. The zero-order chi connectivity index (χ0) is 12.1. The van der Waals surface area contributed by atoms with Crippen LogP contribution in [0.1, 0.15) is 17.4 Å². The van der Waals surface area contributed by atoms with E-state index in [1.54, 1.807) is 11.3 Å². The summed E-state index contributed by atoms with van der Waals surface area (Å²) in [6, 6.07) is 8.15. The highest BCUT2D eigenvalue weighted by Gasteiger charge is 2.05. The molecule has 2 heterocycles. The third-order valence-electron chi connectivity index (χ3n) is 2.60. The lowest BCUT2D eigenvalue weighted by Crippen LogP contribution is -2.21. The van der Waals surface area contributed by atoms with Crippen LogP contribution in [0.25, 0.3) is 0 Å². The fraction of sp³-hybridized carbons (Fsp3) is 0.308. The van der Waals surface area contributed by atoms with Crippen molar-refractivity contribution in [3.05, 3.63) is 51.4 Å². The van der Waals surface area contributed by atoms with Gasteiger partial charge in [-0.15, -0.1) is 11.3 Å². The lowest BCUT2D eigenvalue weighted by Gasteiger charge is -2.19. The Kier molecular flexibility index (Phi) is 4.54. The lowest BCUT2D eigenvalue weighted by atomic mass is 10.2. The van der Waals surface area contributed by atoms with Gasteiger partial charge >= 0.3 is 0 Å². The van der Waals surface area contributed by atoms with E-state index in [1.165, 1.54) is 10.4 Å². The molecule has 2 nitrogen and oxygen atoms in total. The molecule has 0 aromatic carbocycles. The van der Waals surface area contributed by atoms with Crippen molar-refractivity contribution in [2.45, 2.75) is 20.0 Å². The molecule has 2 aromatic rings. The second-order valence-corrected chi connectivity index (χ2v) is 5.29. The summed E-state index contributed by atoms with van der Waals surface area (Å²) < 4.78 is 0. The Balaban J connectivity index is 1.97. The lowest BCUT2D eigenvalue weighted by molar-refractivity contribution is 0.273. The highest BCUT2D eigenvalue weighted by atomic mass is 35.5. The summed E-state index contributed by atoms with van der Waals surface area (Å²) in [5, 5.41) is 2.67. The zero-order valence-corrected chi connectivity index (χ0v) is 11.3. The van der Waals surface area contributed by atoms with E-state index < -0.39 is 0 Å². The van der Waals surface area contributed by atoms with Crippen molar-refractivity contribution in [3.8, 4) is 0 Å². The Morgan fingerprint density at radius 2 is 2.18 bits per heavy atom. The number of hydrogen-bond acceptors (Lipinski definition) is 3. The number of pyridine rings is 1. The Bertz CT molecular complexity index is 439. The largest absolute Gasteiger partial charge is 0.294 e. The van der Waals surface area contributed by atoms with Crippen LogP contribution >= 0.6 is 22.9 Å². The maximum atomic E-state index is 5.77. The zero-order valence-electron chi connectivity index (χ0n) is 9.77. The monoisotopic (exact) mass is 266 g/mol. The van der Waals surface area contributed by atoms with Gasteiger partial charge in [-0.25, -0.2) is 4.98 Å². The van der Waals surface area contributed by atoms with Gasteiger partial charge in [-0.3, -0.25) is 4.90 Å². The third-order valence-corrected chi connectivity index (χ3v) is 3.69. The number of aromatic nitrogens is 1. The summed E-state index contributed by atoms with van der Waals surface area (Å²) in [7, 11) is 0. The van der Waals surface area contributed by atoms with Crippen molar-refractivity contribution in [3.63, 3.8) is 0 Å². The molecule has 0 amide bonds. The smallest absolute Gasteiger partial charge is 0.129 e. The average molecular weight is 267 g/mol. The van der Waals surface area contributed by atoms with Crippen molar-refractivity contribution in [1.29, 1.82) is 0 Å². The van der Waals surface area contributed by atoms with Crippen LogP contribution in [0, 0.1) is 0 Å². The molecule has 0 atom stereocenters. The Hall–Kier alpha value is -0.900. The van der Waals surface area contributed by atoms with Crippen molar-refractivity contribution in [2.75, 3.05) is 6.54 Å². The fourth-order valence-corrected chi connectivity index (χ4v) is 2.52. The van der Waals surface area contributed by atoms with E-state index in [0.29, 0.717) is 5.15 Å². The van der Waals surface area contributed by atoms with Crippen LogP contribution in [0.3, 0.4) is 0 Å². The molecule has 0 saturated carbocycles. The minimum absolute atomic E-state index is 0.551. The van der Waals surface area contributed by atoms with Gasteiger partial charge in [0.25, 0.3) is 0 Å². The van der Waals surface area contributed by atoms with E-state index in [0.717, 1.165) is 19.6 Å². The highest BCUT2D eigenvalue weighted by molar-refractivity contribution is 7.09. The first-order valence-corrected chi connectivity index (χ1v) is 6.89. The van der Waals surface area contributed by atoms with Gasteiger partial charge in [0.2, 0.25) is 0 Å². The summed E-state index contributed by atoms with van der Waals surface area (Å²) in [5.74, 6) is 0. The van der Waals surface area contributed by atoms with Crippen LogP contribution in [0.15, 0.2) is 35.8 Å². The standard InChI is InChI=1S/C13H15ClN2S/c1-2-16(10-12-4-3-7-17-12)9-11-5-6-13(14)15-8-11/h3-8H,2,9-10H2,1H3. The summed E-state index contributed by atoms with van der Waals surface area (Å²) >= 11 is 7.58. The molecule has 90 valence electrons. The van der Waals surface area contributed by atoms with Gasteiger partial charge in [-0.1, -0.05) is 30.7 Å². The fourth-order valence-electron chi connectivity index (χ4n) is 1.66. The molecule has 0 saturated heterocycles. The van der Waals surface area contributed by atoms with E-state index >= 15 is 0 Å². The molecule has 2 aromatic heterocycles. The van der Waals surface area contributed by atoms with Gasteiger partial charge in [0.15, 0.2) is 0 Å². The first-order valence-electron chi connectivity index (χ1n) is 5.63. The first-order chi connectivity index (χ1) is 8.28. The van der Waals surface area contributed by atoms with Crippen molar-refractivity contribution in [2.24, 2.45) is 0 Å². The maximum Gasteiger partial charge on any atom is 0.129 e. The van der Waals surface area contributed by atoms with Crippen molar-refractivity contribution >= 4 is 22.9 Å². The van der Waals surface area contributed by atoms with Gasteiger partial charge < -0.3 is 0 Å². The first kappa shape index (κ1) is 12.6. The summed E-state index contributed by atoms with van der Waals surface area (Å²) in [4.78, 5) is 7.89. The van der Waals surface area contributed by atoms with Crippen LogP contribution in [0.2, 0.25) is 5.15 Å². The molecule has 0 unspecified atom stereocenters. The number of halogens is 1. The average Bonchev–Trinajstić information content (AvgIpc) is 2.84. The van der Waals surface area contributed by atoms with Crippen molar-refractivity contribution < 1.29 is 0 Å². The molecule has 4 heteroatoms. The van der Waals surface area contributed by atoms with Crippen LogP contribution < -0.4 is 0 Å². The van der Waals surface area contributed by atoms with E-state index in [2.05, 4.69) is 34.3 Å². The van der Waals surface area contributed by atoms with E-state index in [-0.39, 0.29) is 0 Å². The molecule has 0 bridgehead atoms. The van der Waals surface area contributed by atoms with Crippen LogP contribution in [-0.4, -0.2) is 16.4 Å². The molecule has 0 radical (unpaired) electrons. The molecular weight excluding hydrogens is 252 g/mol. The van der Waals surface area contributed by atoms with E-state index in [4.69, 9.17) is 11.6 Å². The summed E-state index contributed by atoms with van der Waals surface area (Å²) in [5.41, 5.74) is 1.20. The predicted octanol–water partition coefficient (Wildman–Crippen LogP) is 3.82. The Labute approximate surface area is 111 Å². The van der Waals surface area contributed by atoms with E-state index in [1.807, 2.05) is 18.3 Å². The molecule has 0 aliphatic rings. The number of hydrogen-bond donors (Lipinski definition) is 0. The van der Waals surface area contributed by atoms with Gasteiger partial charge in [-0.05, 0) is 29.6 Å². The second kappa shape index (κ2) is 6.15. The molecule has 0 aliphatic carbocycles. The van der Waals surface area contributed by atoms with Gasteiger partial charge in [0, 0.05) is 24.2 Å². The molecule has 0 aliphatic heterocycles. The molecule has 0 fully saturated rings. The van der Waals surface area contributed by atoms with Gasteiger partial charge in [0.05, 0.1) is 0 Å². The summed E-state index contributed by atoms with van der Waals surface area (Å²) in [6.07, 6.45) is 1.85. The SMILES string of the molecule is CCN(Cc1ccc(Cl)nc1)Cc1cccs1. The number of rotatable bonds is 5. The second-order valence-electron chi connectivity index (χ2n) is 3.87. The Morgan fingerprint density at radius 3 is 2.76 bits per heavy atom. The van der Waals surface area contributed by atoms with Gasteiger partial charge in [0.1, 0.15) is 5.15 Å². The molecule has 17 heavy (non-hydrogen) atoms. The van der Waals surface area contributed by atoms with Crippen LogP contribution in [0.4, 0.5) is 0 Å². The normalized spacial score (nSPS) is 11.0. The number of thiophene rings is 1. The molecule has 2 rings (SSSR count). The molecular formula is C13H15ClN2S. The number of nitrogens with zero attached hydrogens (tertiary/aromatic N) is 2.